The first-order valence-electron chi connectivity index (χ1n) is 5.06. The van der Waals surface area contributed by atoms with Gasteiger partial charge < -0.3 is 10.4 Å². The van der Waals surface area contributed by atoms with E-state index >= 15 is 0 Å². The summed E-state index contributed by atoms with van der Waals surface area (Å²) in [5, 5.41) is 12.8. The molecule has 0 saturated heterocycles. The van der Waals surface area contributed by atoms with Gasteiger partial charge in [-0.15, -0.1) is 11.3 Å². The fourth-order valence-electron chi connectivity index (χ4n) is 1.44. The number of rotatable bonds is 3. The van der Waals surface area contributed by atoms with Crippen LogP contribution >= 0.6 is 27.3 Å². The molecule has 1 amide bonds. The summed E-state index contributed by atoms with van der Waals surface area (Å²) in [4.78, 5) is 22.8. The summed E-state index contributed by atoms with van der Waals surface area (Å²) >= 11 is 4.07. The van der Waals surface area contributed by atoms with E-state index in [1.807, 2.05) is 0 Å². The van der Waals surface area contributed by atoms with Gasteiger partial charge >= 0.3 is 5.97 Å². The van der Waals surface area contributed by atoms with E-state index in [4.69, 9.17) is 5.11 Å². The Balaban J connectivity index is 2.26. The maximum Gasteiger partial charge on any atom is 0.348 e. The zero-order chi connectivity index (χ0) is 14.0. The Labute approximate surface area is 120 Å². The van der Waals surface area contributed by atoms with Crippen molar-refractivity contribution in [3.05, 3.63) is 50.4 Å². The lowest BCUT2D eigenvalue weighted by Crippen LogP contribution is -2.15. The number of hydrogen-bond donors (Lipinski definition) is 2. The predicted octanol–water partition coefficient (Wildman–Crippen LogP) is 3.60. The highest BCUT2D eigenvalue weighted by Crippen LogP contribution is 2.23. The molecule has 98 valence electrons. The molecule has 0 fully saturated rings. The van der Waals surface area contributed by atoms with E-state index in [-0.39, 0.29) is 16.1 Å². The number of benzene rings is 1. The predicted molar refractivity (Wildman–Crippen MR) is 73.3 cm³/mol. The Morgan fingerprint density at radius 3 is 2.68 bits per heavy atom. The monoisotopic (exact) mass is 343 g/mol. The molecule has 0 atom stereocenters. The van der Waals surface area contributed by atoms with Crippen molar-refractivity contribution in [3.8, 4) is 0 Å². The number of carbonyl (C=O) groups excluding carboxylic acids is 1. The van der Waals surface area contributed by atoms with E-state index in [9.17, 15) is 14.0 Å². The first kappa shape index (κ1) is 13.7. The third kappa shape index (κ3) is 2.99. The second kappa shape index (κ2) is 5.50. The second-order valence-corrected chi connectivity index (χ2v) is 5.38. The maximum atomic E-state index is 13.6. The van der Waals surface area contributed by atoms with Crippen molar-refractivity contribution < 1.29 is 19.1 Å². The fourth-order valence-corrected chi connectivity index (χ4v) is 2.46. The molecule has 2 rings (SSSR count). The molecule has 0 saturated carbocycles. The van der Waals surface area contributed by atoms with Gasteiger partial charge in [-0.05, 0) is 29.6 Å². The number of anilines is 1. The molecule has 1 heterocycles. The topological polar surface area (TPSA) is 66.4 Å². The largest absolute Gasteiger partial charge is 0.477 e. The van der Waals surface area contributed by atoms with E-state index in [0.29, 0.717) is 4.47 Å². The van der Waals surface area contributed by atoms with Crippen LogP contribution in [0.1, 0.15) is 20.0 Å². The zero-order valence-electron chi connectivity index (χ0n) is 9.31. The van der Waals surface area contributed by atoms with Crippen molar-refractivity contribution in [2.45, 2.75) is 0 Å². The standard InChI is InChI=1S/C12H7BrFNO3S/c13-6-1-2-7(8(14)5-6)11(16)15-9-3-4-19-10(9)12(17)18/h1-5H,(H,15,16)(H,17,18). The van der Waals surface area contributed by atoms with Crippen LogP contribution in [-0.2, 0) is 0 Å². The number of thiophene rings is 1. The average Bonchev–Trinajstić information content (AvgIpc) is 2.76. The van der Waals surface area contributed by atoms with Crippen LogP contribution in [0, 0.1) is 5.82 Å². The molecule has 0 aliphatic heterocycles. The molecule has 1 aromatic heterocycles. The van der Waals surface area contributed by atoms with Gasteiger partial charge in [0.05, 0.1) is 11.3 Å². The lowest BCUT2D eigenvalue weighted by Gasteiger charge is -2.05. The van der Waals surface area contributed by atoms with Gasteiger partial charge in [-0.1, -0.05) is 15.9 Å². The highest BCUT2D eigenvalue weighted by atomic mass is 79.9. The molecule has 0 spiro atoms. The number of halogens is 2. The lowest BCUT2D eigenvalue weighted by atomic mass is 10.2. The Morgan fingerprint density at radius 1 is 1.32 bits per heavy atom. The van der Waals surface area contributed by atoms with Crippen LogP contribution in [-0.4, -0.2) is 17.0 Å². The molecular weight excluding hydrogens is 337 g/mol. The van der Waals surface area contributed by atoms with E-state index in [0.717, 1.165) is 11.3 Å². The van der Waals surface area contributed by atoms with Crippen LogP contribution < -0.4 is 5.32 Å². The summed E-state index contributed by atoms with van der Waals surface area (Å²) in [6.45, 7) is 0. The Morgan fingerprint density at radius 2 is 2.05 bits per heavy atom. The third-order valence-corrected chi connectivity index (χ3v) is 3.68. The first-order chi connectivity index (χ1) is 8.99. The van der Waals surface area contributed by atoms with Crippen molar-refractivity contribution in [2.75, 3.05) is 5.32 Å². The molecular formula is C12H7BrFNO3S. The molecule has 0 bridgehead atoms. The Kier molecular flexibility index (Phi) is 3.96. The van der Waals surface area contributed by atoms with Crippen LogP contribution in [0.15, 0.2) is 34.1 Å². The van der Waals surface area contributed by atoms with Gasteiger partial charge in [0, 0.05) is 4.47 Å². The number of amides is 1. The van der Waals surface area contributed by atoms with E-state index in [1.54, 1.807) is 0 Å². The van der Waals surface area contributed by atoms with Crippen LogP contribution in [0.2, 0.25) is 0 Å². The quantitative estimate of drug-likeness (QED) is 0.894. The molecule has 7 heteroatoms. The molecule has 0 aliphatic carbocycles. The van der Waals surface area contributed by atoms with Gasteiger partial charge in [0.2, 0.25) is 0 Å². The number of nitrogens with one attached hydrogen (secondary N) is 1. The molecule has 19 heavy (non-hydrogen) atoms. The summed E-state index contributed by atoms with van der Waals surface area (Å²) in [6, 6.07) is 5.48. The van der Waals surface area contributed by atoms with Crippen molar-refractivity contribution in [2.24, 2.45) is 0 Å². The molecule has 2 aromatic rings. The first-order valence-corrected chi connectivity index (χ1v) is 6.73. The highest BCUT2D eigenvalue weighted by molar-refractivity contribution is 9.10. The van der Waals surface area contributed by atoms with Gasteiger partial charge in [0.1, 0.15) is 10.7 Å². The van der Waals surface area contributed by atoms with Crippen LogP contribution in [0.5, 0.6) is 0 Å². The molecule has 4 nitrogen and oxygen atoms in total. The number of carboxylic acids is 1. The Hall–Kier alpha value is -1.73. The summed E-state index contributed by atoms with van der Waals surface area (Å²) in [6.07, 6.45) is 0. The Bertz CT molecular complexity index is 656. The van der Waals surface area contributed by atoms with E-state index in [1.165, 1.54) is 29.6 Å². The summed E-state index contributed by atoms with van der Waals surface area (Å²) < 4.78 is 14.1. The minimum absolute atomic E-state index is 0.00544. The summed E-state index contributed by atoms with van der Waals surface area (Å²) in [7, 11) is 0. The summed E-state index contributed by atoms with van der Waals surface area (Å²) in [5.74, 6) is -2.51. The lowest BCUT2D eigenvalue weighted by molar-refractivity contribution is 0.0703. The number of carbonyl (C=O) groups is 2. The smallest absolute Gasteiger partial charge is 0.348 e. The molecule has 0 unspecified atom stereocenters. The average molecular weight is 344 g/mol. The summed E-state index contributed by atoms with van der Waals surface area (Å²) in [5.41, 5.74) is 0.00978. The van der Waals surface area contributed by atoms with Gasteiger partial charge in [0.25, 0.3) is 5.91 Å². The zero-order valence-corrected chi connectivity index (χ0v) is 11.7. The second-order valence-electron chi connectivity index (χ2n) is 3.55. The minimum atomic E-state index is -1.14. The van der Waals surface area contributed by atoms with E-state index < -0.39 is 17.7 Å². The minimum Gasteiger partial charge on any atom is -0.477 e. The molecule has 2 N–H and O–H groups in total. The van der Waals surface area contributed by atoms with Crippen molar-refractivity contribution >= 4 is 44.8 Å². The van der Waals surface area contributed by atoms with Gasteiger partial charge in [-0.3, -0.25) is 4.79 Å². The normalized spacial score (nSPS) is 10.2. The molecule has 1 aromatic carbocycles. The SMILES string of the molecule is O=C(Nc1ccsc1C(=O)O)c1ccc(Br)cc1F. The number of hydrogen-bond acceptors (Lipinski definition) is 3. The van der Waals surface area contributed by atoms with Gasteiger partial charge in [-0.25, -0.2) is 9.18 Å². The van der Waals surface area contributed by atoms with Gasteiger partial charge in [-0.2, -0.15) is 0 Å². The van der Waals surface area contributed by atoms with Crippen molar-refractivity contribution in [1.82, 2.24) is 0 Å². The number of aromatic carboxylic acids is 1. The van der Waals surface area contributed by atoms with Gasteiger partial charge in [0.15, 0.2) is 0 Å². The molecule has 0 radical (unpaired) electrons. The van der Waals surface area contributed by atoms with Crippen LogP contribution in [0.4, 0.5) is 10.1 Å². The maximum absolute atomic E-state index is 13.6. The van der Waals surface area contributed by atoms with Crippen molar-refractivity contribution in [1.29, 1.82) is 0 Å². The van der Waals surface area contributed by atoms with Crippen LogP contribution in [0.25, 0.3) is 0 Å². The van der Waals surface area contributed by atoms with E-state index in [2.05, 4.69) is 21.2 Å². The third-order valence-electron chi connectivity index (χ3n) is 2.28. The molecule has 0 aliphatic rings. The number of carboxylic acid groups (broad SMARTS) is 1. The highest BCUT2D eigenvalue weighted by Gasteiger charge is 2.17. The fraction of sp³-hybridized carbons (Fsp3) is 0. The van der Waals surface area contributed by atoms with Crippen molar-refractivity contribution in [3.63, 3.8) is 0 Å². The van der Waals surface area contributed by atoms with Crippen LogP contribution in [0.3, 0.4) is 0 Å².